The van der Waals surface area contributed by atoms with Crippen LogP contribution < -0.4 is 11.1 Å². The van der Waals surface area contributed by atoms with Gasteiger partial charge in [0.05, 0.1) is 24.0 Å². The van der Waals surface area contributed by atoms with Crippen molar-refractivity contribution in [2.75, 3.05) is 11.1 Å². The summed E-state index contributed by atoms with van der Waals surface area (Å²) < 4.78 is 0. The van der Waals surface area contributed by atoms with Crippen molar-refractivity contribution < 1.29 is 4.79 Å². The summed E-state index contributed by atoms with van der Waals surface area (Å²) in [6.07, 6.45) is 1.69. The number of halogens is 1. The Morgan fingerprint density at radius 1 is 1.53 bits per heavy atom. The number of anilines is 2. The number of pyridine rings is 1. The molecule has 0 radical (unpaired) electrons. The molecule has 7 heteroatoms. The van der Waals surface area contributed by atoms with Crippen molar-refractivity contribution in [2.24, 2.45) is 0 Å². The Balaban J connectivity index is 1.95. The van der Waals surface area contributed by atoms with Crippen LogP contribution in [-0.2, 0) is 11.2 Å². The molecule has 0 fully saturated rings. The zero-order chi connectivity index (χ0) is 12.3. The molecular weight excluding hydrogens is 260 g/mol. The molecular formula is C10H9ClN4OS. The lowest BCUT2D eigenvalue weighted by Gasteiger charge is -2.02. The normalized spacial score (nSPS) is 10.2. The van der Waals surface area contributed by atoms with Gasteiger partial charge in [-0.05, 0) is 12.1 Å². The van der Waals surface area contributed by atoms with Crippen molar-refractivity contribution in [3.05, 3.63) is 34.6 Å². The van der Waals surface area contributed by atoms with Gasteiger partial charge in [-0.1, -0.05) is 11.6 Å². The summed E-state index contributed by atoms with van der Waals surface area (Å²) in [7, 11) is 0. The van der Waals surface area contributed by atoms with E-state index in [1.807, 2.05) is 0 Å². The van der Waals surface area contributed by atoms with E-state index >= 15 is 0 Å². The molecule has 0 aliphatic carbocycles. The van der Waals surface area contributed by atoms with Crippen LogP contribution in [0.15, 0.2) is 23.7 Å². The molecule has 0 saturated carbocycles. The molecule has 3 N–H and O–H groups in total. The topological polar surface area (TPSA) is 80.9 Å². The Morgan fingerprint density at radius 2 is 2.35 bits per heavy atom. The predicted molar refractivity (Wildman–Crippen MR) is 68.1 cm³/mol. The van der Waals surface area contributed by atoms with Crippen LogP contribution in [-0.4, -0.2) is 15.9 Å². The fraction of sp³-hybridized carbons (Fsp3) is 0.100. The van der Waals surface area contributed by atoms with Gasteiger partial charge in [-0.15, -0.1) is 11.3 Å². The molecule has 17 heavy (non-hydrogen) atoms. The van der Waals surface area contributed by atoms with Crippen LogP contribution in [0.3, 0.4) is 0 Å². The Morgan fingerprint density at radius 3 is 2.94 bits per heavy atom. The fourth-order valence-corrected chi connectivity index (χ4v) is 1.90. The van der Waals surface area contributed by atoms with Crippen molar-refractivity contribution in [3.8, 4) is 0 Å². The van der Waals surface area contributed by atoms with Crippen molar-refractivity contribution in [1.82, 2.24) is 9.97 Å². The lowest BCUT2D eigenvalue weighted by Crippen LogP contribution is -2.14. The number of nitrogens with two attached hydrogens (primary N) is 1. The molecule has 2 aromatic rings. The van der Waals surface area contributed by atoms with Crippen molar-refractivity contribution in [1.29, 1.82) is 0 Å². The van der Waals surface area contributed by atoms with E-state index in [2.05, 4.69) is 15.3 Å². The van der Waals surface area contributed by atoms with Gasteiger partial charge in [-0.3, -0.25) is 4.79 Å². The Labute approximate surface area is 107 Å². The van der Waals surface area contributed by atoms with Gasteiger partial charge in [0.1, 0.15) is 5.15 Å². The largest absolute Gasteiger partial charge is 0.375 e. The maximum absolute atomic E-state index is 11.6. The molecule has 1 amide bonds. The van der Waals surface area contributed by atoms with Crippen LogP contribution in [0.4, 0.5) is 10.8 Å². The SMILES string of the molecule is Nc1nc(CC(=O)Nc2ccc(Cl)nc2)cs1. The number of nitrogens with zero attached hydrogens (tertiary/aromatic N) is 2. The molecule has 0 aliphatic heterocycles. The number of rotatable bonds is 3. The van der Waals surface area contributed by atoms with Crippen LogP contribution in [0, 0.1) is 0 Å². The van der Waals surface area contributed by atoms with Gasteiger partial charge in [0.15, 0.2) is 5.13 Å². The molecule has 0 aromatic carbocycles. The molecule has 0 aliphatic rings. The number of hydrogen-bond acceptors (Lipinski definition) is 5. The van der Waals surface area contributed by atoms with E-state index in [9.17, 15) is 4.79 Å². The second-order valence-electron chi connectivity index (χ2n) is 3.27. The minimum atomic E-state index is -0.167. The number of carbonyl (C=O) groups excluding carboxylic acids is 1. The molecule has 88 valence electrons. The van der Waals surface area contributed by atoms with E-state index < -0.39 is 0 Å². The number of carbonyl (C=O) groups is 1. The molecule has 0 unspecified atom stereocenters. The quantitative estimate of drug-likeness (QED) is 0.834. The third-order valence-corrected chi connectivity index (χ3v) is 2.87. The number of thiazole rings is 1. The first-order chi connectivity index (χ1) is 8.13. The predicted octanol–water partition coefficient (Wildman–Crippen LogP) is 1.95. The number of aromatic nitrogens is 2. The first-order valence-electron chi connectivity index (χ1n) is 4.75. The van der Waals surface area contributed by atoms with Crippen LogP contribution in [0.2, 0.25) is 5.15 Å². The van der Waals surface area contributed by atoms with Gasteiger partial charge in [-0.2, -0.15) is 0 Å². The van der Waals surface area contributed by atoms with Crippen molar-refractivity contribution in [2.45, 2.75) is 6.42 Å². The molecule has 0 bridgehead atoms. The zero-order valence-corrected chi connectivity index (χ0v) is 10.3. The van der Waals surface area contributed by atoms with Crippen LogP contribution in [0.1, 0.15) is 5.69 Å². The van der Waals surface area contributed by atoms with Crippen molar-refractivity contribution in [3.63, 3.8) is 0 Å². The Hall–Kier alpha value is -1.66. The first kappa shape index (κ1) is 11.8. The smallest absolute Gasteiger partial charge is 0.230 e. The number of nitrogen functional groups attached to an aromatic ring is 1. The fourth-order valence-electron chi connectivity index (χ4n) is 1.22. The molecule has 2 aromatic heterocycles. The summed E-state index contributed by atoms with van der Waals surface area (Å²) in [5, 5.41) is 5.29. The van der Waals surface area contributed by atoms with Gasteiger partial charge in [-0.25, -0.2) is 9.97 Å². The third-order valence-electron chi connectivity index (χ3n) is 1.92. The summed E-state index contributed by atoms with van der Waals surface area (Å²) in [6.45, 7) is 0. The second kappa shape index (κ2) is 5.11. The third kappa shape index (κ3) is 3.40. The van der Waals surface area contributed by atoms with E-state index in [4.69, 9.17) is 17.3 Å². The van der Waals surface area contributed by atoms with E-state index in [0.717, 1.165) is 0 Å². The van der Waals surface area contributed by atoms with E-state index in [-0.39, 0.29) is 12.3 Å². The van der Waals surface area contributed by atoms with E-state index in [1.165, 1.54) is 17.5 Å². The standard InChI is InChI=1S/C10H9ClN4OS/c11-8-2-1-6(4-13-8)14-9(16)3-7-5-17-10(12)15-7/h1-2,4-5H,3H2,(H2,12,15)(H,14,16). The highest BCUT2D eigenvalue weighted by Crippen LogP contribution is 2.13. The summed E-state index contributed by atoms with van der Waals surface area (Å²) >= 11 is 6.95. The monoisotopic (exact) mass is 268 g/mol. The van der Waals surface area contributed by atoms with Crippen LogP contribution >= 0.6 is 22.9 Å². The molecule has 0 atom stereocenters. The molecule has 0 saturated heterocycles. The highest BCUT2D eigenvalue weighted by molar-refractivity contribution is 7.13. The number of hydrogen-bond donors (Lipinski definition) is 2. The minimum absolute atomic E-state index is 0.167. The molecule has 2 heterocycles. The number of amides is 1. The number of nitrogens with one attached hydrogen (secondary N) is 1. The molecule has 2 rings (SSSR count). The maximum Gasteiger partial charge on any atom is 0.230 e. The average Bonchev–Trinajstić information content (AvgIpc) is 2.67. The lowest BCUT2D eigenvalue weighted by molar-refractivity contribution is -0.115. The van der Waals surface area contributed by atoms with E-state index in [0.29, 0.717) is 21.7 Å². The van der Waals surface area contributed by atoms with Gasteiger partial charge in [0, 0.05) is 5.38 Å². The van der Waals surface area contributed by atoms with Gasteiger partial charge in [0.2, 0.25) is 5.91 Å². The van der Waals surface area contributed by atoms with Gasteiger partial charge < -0.3 is 11.1 Å². The van der Waals surface area contributed by atoms with Crippen molar-refractivity contribution >= 4 is 39.7 Å². The van der Waals surface area contributed by atoms with Gasteiger partial charge in [0.25, 0.3) is 0 Å². The Bertz CT molecular complexity index is 525. The molecule has 0 spiro atoms. The maximum atomic E-state index is 11.6. The van der Waals surface area contributed by atoms with Crippen LogP contribution in [0.25, 0.3) is 0 Å². The summed E-state index contributed by atoms with van der Waals surface area (Å²) in [5.74, 6) is -0.167. The van der Waals surface area contributed by atoms with E-state index in [1.54, 1.807) is 17.5 Å². The summed E-state index contributed by atoms with van der Waals surface area (Å²) in [5.41, 5.74) is 6.73. The second-order valence-corrected chi connectivity index (χ2v) is 4.55. The van der Waals surface area contributed by atoms with Crippen LogP contribution in [0.5, 0.6) is 0 Å². The van der Waals surface area contributed by atoms with Gasteiger partial charge >= 0.3 is 0 Å². The molecule has 5 nitrogen and oxygen atoms in total. The highest BCUT2D eigenvalue weighted by Gasteiger charge is 2.07. The lowest BCUT2D eigenvalue weighted by atomic mass is 10.3. The summed E-state index contributed by atoms with van der Waals surface area (Å²) in [4.78, 5) is 19.5. The highest BCUT2D eigenvalue weighted by atomic mass is 35.5. The minimum Gasteiger partial charge on any atom is -0.375 e. The first-order valence-corrected chi connectivity index (χ1v) is 6.00. The summed E-state index contributed by atoms with van der Waals surface area (Å²) in [6, 6.07) is 3.29. The zero-order valence-electron chi connectivity index (χ0n) is 8.68. The Kier molecular flexibility index (Phi) is 3.55. The average molecular weight is 269 g/mol.